The lowest BCUT2D eigenvalue weighted by Gasteiger charge is -2.33. The fourth-order valence-electron chi connectivity index (χ4n) is 8.57. The highest BCUT2D eigenvalue weighted by molar-refractivity contribution is 7.80. The topological polar surface area (TPSA) is 368 Å². The van der Waals surface area contributed by atoms with E-state index in [1.54, 1.807) is 74.5 Å². The fraction of sp³-hybridized carbons (Fsp3) is 0.551. The van der Waals surface area contributed by atoms with Gasteiger partial charge in [-0.1, -0.05) is 74.5 Å². The van der Waals surface area contributed by atoms with Crippen LogP contribution >= 0.6 is 12.6 Å². The van der Waals surface area contributed by atoms with Crippen LogP contribution in [-0.2, 0) is 60.8 Å². The molecule has 24 heteroatoms. The van der Waals surface area contributed by atoms with E-state index in [0.717, 1.165) is 0 Å². The Hall–Kier alpha value is -6.63. The number of hydrogen-bond donors (Lipinski definition) is 12. The minimum atomic E-state index is -1.66. The van der Waals surface area contributed by atoms with Gasteiger partial charge in [-0.05, 0) is 68.5 Å². The van der Waals surface area contributed by atoms with E-state index in [1.165, 1.54) is 9.80 Å². The maximum absolute atomic E-state index is 14.4. The minimum Gasteiger partial charge on any atom is -0.480 e. The monoisotopic (exact) mass is 1040 g/mol. The molecule has 9 amide bonds. The van der Waals surface area contributed by atoms with Gasteiger partial charge in [0.2, 0.25) is 53.2 Å². The van der Waals surface area contributed by atoms with Gasteiger partial charge in [0.1, 0.15) is 48.3 Å². The molecule has 9 atom stereocenters. The number of carboxylic acids is 1. The molecule has 2 aliphatic rings. The van der Waals surface area contributed by atoms with Gasteiger partial charge in [-0.25, -0.2) is 4.79 Å². The molecule has 2 aromatic rings. The van der Waals surface area contributed by atoms with Gasteiger partial charge in [0.15, 0.2) is 0 Å². The van der Waals surface area contributed by atoms with Crippen molar-refractivity contribution < 1.29 is 58.2 Å². The molecular weight excluding hydrogens is 967 g/mol. The summed E-state index contributed by atoms with van der Waals surface area (Å²) in [6.07, 6.45) is 1.40. The van der Waals surface area contributed by atoms with Crippen molar-refractivity contribution in [2.75, 3.05) is 32.0 Å². The highest BCUT2D eigenvalue weighted by Gasteiger charge is 2.45. The first-order chi connectivity index (χ1) is 34.8. The summed E-state index contributed by atoms with van der Waals surface area (Å²) in [5.41, 5.74) is 18.2. The van der Waals surface area contributed by atoms with Crippen molar-refractivity contribution in [1.29, 1.82) is 0 Å². The first kappa shape index (κ1) is 58.9. The number of carbonyl (C=O) groups is 10. The molecule has 2 fully saturated rings. The van der Waals surface area contributed by atoms with E-state index in [1.807, 2.05) is 0 Å². The largest absolute Gasteiger partial charge is 0.480 e. The maximum atomic E-state index is 14.4. The molecule has 73 heavy (non-hydrogen) atoms. The van der Waals surface area contributed by atoms with Crippen LogP contribution in [0.1, 0.15) is 76.3 Å². The Kier molecular flexibility index (Phi) is 23.5. The zero-order valence-corrected chi connectivity index (χ0v) is 42.1. The van der Waals surface area contributed by atoms with Crippen LogP contribution in [0.4, 0.5) is 0 Å². The number of likely N-dealkylation sites (tertiary alicyclic amines) is 2. The highest BCUT2D eigenvalue weighted by Crippen LogP contribution is 2.26. The Bertz CT molecular complexity index is 2240. The van der Waals surface area contributed by atoms with Crippen molar-refractivity contribution in [3.8, 4) is 0 Å². The molecular formula is C49H71N11O12S. The number of nitrogens with zero attached hydrogens (tertiary/aromatic N) is 2. The number of aliphatic carboxylic acids is 1. The number of nitrogens with two attached hydrogens (primary N) is 3. The quantitative estimate of drug-likeness (QED) is 0.0306. The molecule has 0 aliphatic carbocycles. The van der Waals surface area contributed by atoms with Crippen LogP contribution in [-0.4, -0.2) is 166 Å². The third kappa shape index (κ3) is 17.5. The normalized spacial score (nSPS) is 18.2. The smallest absolute Gasteiger partial charge is 0.326 e. The number of nitrogens with one attached hydrogen (secondary N) is 6. The number of primary amides is 1. The van der Waals surface area contributed by atoms with Gasteiger partial charge in [0.25, 0.3) is 0 Å². The Morgan fingerprint density at radius 1 is 0.644 bits per heavy atom. The number of hydrogen-bond acceptors (Lipinski definition) is 14. The van der Waals surface area contributed by atoms with Crippen LogP contribution in [0.3, 0.4) is 0 Å². The van der Waals surface area contributed by atoms with Crippen LogP contribution in [0.5, 0.6) is 0 Å². The summed E-state index contributed by atoms with van der Waals surface area (Å²) in [6, 6.07) is 5.94. The van der Waals surface area contributed by atoms with Gasteiger partial charge in [-0.2, -0.15) is 12.6 Å². The Morgan fingerprint density at radius 2 is 1.12 bits per heavy atom. The number of aliphatic hydroxyl groups is 1. The lowest BCUT2D eigenvalue weighted by Crippen LogP contribution is -2.61. The number of amides is 9. The van der Waals surface area contributed by atoms with E-state index in [-0.39, 0.29) is 56.9 Å². The number of carbonyl (C=O) groups excluding carboxylic acids is 9. The zero-order chi connectivity index (χ0) is 53.8. The lowest BCUT2D eigenvalue weighted by atomic mass is 10.0. The zero-order valence-electron chi connectivity index (χ0n) is 41.2. The fourth-order valence-corrected chi connectivity index (χ4v) is 8.83. The van der Waals surface area contributed by atoms with Crippen molar-refractivity contribution in [1.82, 2.24) is 41.7 Å². The summed E-state index contributed by atoms with van der Waals surface area (Å²) in [5.74, 6) is -9.04. The number of benzene rings is 2. The second-order valence-corrected chi connectivity index (χ2v) is 18.9. The average molecular weight is 1040 g/mol. The first-order valence-corrected chi connectivity index (χ1v) is 25.1. The van der Waals surface area contributed by atoms with Crippen molar-refractivity contribution in [2.45, 2.75) is 132 Å². The number of thiol groups is 1. The standard InChI is InChI=1S/C49H71N11O12S/c1-28(2)40(52)46(68)58-36(27-73)44(66)55-34(25-39(51)62)43(65)57-35(26-61)47(69)60-22-12-19-38(60)48(70)59-21-11-18-37(59)45(67)56-33(24-30-15-7-4-8-16-30)42(64)54-32(23-29-13-5-3-6-14-29)41(63)53-31(49(71)72)17-9-10-20-50/h3-8,13-16,28,31-38,40,61,73H,9-12,17-27,50,52H2,1-2H3,(H2,51,62)(H,53,63)(H,54,64)(H,55,66)(H,56,67)(H,57,65)(H,58,68)(H,71,72)/t31-,32-,33-,34-,35-,36-,37-,38-,40-/m0/s1. The summed E-state index contributed by atoms with van der Waals surface area (Å²) in [5, 5.41) is 35.5. The van der Waals surface area contributed by atoms with E-state index < -0.39 is 127 Å². The van der Waals surface area contributed by atoms with Crippen LogP contribution in [0.25, 0.3) is 0 Å². The number of rotatable bonds is 28. The SMILES string of the molecule is CC(C)[C@H](N)C(=O)N[C@@H](CS)C(=O)N[C@@H](CC(N)=O)C(=O)N[C@@H](CO)C(=O)N1CCC[C@H]1C(=O)N1CCC[C@H]1C(=O)N[C@@H](Cc1ccccc1)C(=O)N[C@@H](Cc1ccccc1)C(=O)N[C@@H](CCCCN)C(=O)O. The molecule has 2 aromatic carbocycles. The van der Waals surface area contributed by atoms with E-state index >= 15 is 0 Å². The number of unbranched alkanes of at least 4 members (excludes halogenated alkanes) is 1. The van der Waals surface area contributed by atoms with E-state index in [4.69, 9.17) is 17.2 Å². The van der Waals surface area contributed by atoms with Crippen LogP contribution in [0.2, 0.25) is 0 Å². The summed E-state index contributed by atoms with van der Waals surface area (Å²) < 4.78 is 0. The summed E-state index contributed by atoms with van der Waals surface area (Å²) in [4.78, 5) is 137. The van der Waals surface area contributed by atoms with Gasteiger partial charge < -0.3 is 69.1 Å². The van der Waals surface area contributed by atoms with Crippen LogP contribution in [0.15, 0.2) is 60.7 Å². The second-order valence-electron chi connectivity index (χ2n) is 18.6. The Labute approximate surface area is 429 Å². The molecule has 2 aliphatic heterocycles. The summed E-state index contributed by atoms with van der Waals surface area (Å²) >= 11 is 4.12. The predicted molar refractivity (Wildman–Crippen MR) is 269 cm³/mol. The third-order valence-electron chi connectivity index (χ3n) is 12.7. The molecule has 0 bridgehead atoms. The number of aliphatic hydroxyl groups excluding tert-OH is 1. The van der Waals surface area contributed by atoms with Crippen molar-refractivity contribution in [3.05, 3.63) is 71.8 Å². The van der Waals surface area contributed by atoms with Crippen molar-refractivity contribution in [3.63, 3.8) is 0 Å². The molecule has 14 N–H and O–H groups in total. The van der Waals surface area contributed by atoms with E-state index in [0.29, 0.717) is 43.4 Å². The third-order valence-corrected chi connectivity index (χ3v) is 13.1. The van der Waals surface area contributed by atoms with Gasteiger partial charge in [0.05, 0.1) is 19.1 Å². The molecule has 0 spiro atoms. The maximum Gasteiger partial charge on any atom is 0.326 e. The molecule has 2 saturated heterocycles. The van der Waals surface area contributed by atoms with Crippen LogP contribution in [0, 0.1) is 5.92 Å². The molecule has 23 nitrogen and oxygen atoms in total. The van der Waals surface area contributed by atoms with Crippen molar-refractivity contribution >= 4 is 71.8 Å². The van der Waals surface area contributed by atoms with E-state index in [9.17, 15) is 58.2 Å². The summed E-state index contributed by atoms with van der Waals surface area (Å²) in [7, 11) is 0. The Morgan fingerprint density at radius 3 is 1.64 bits per heavy atom. The molecule has 400 valence electrons. The average Bonchev–Trinajstić information content (AvgIpc) is 4.07. The van der Waals surface area contributed by atoms with E-state index in [2.05, 4.69) is 44.5 Å². The van der Waals surface area contributed by atoms with Crippen molar-refractivity contribution in [2.24, 2.45) is 23.1 Å². The highest BCUT2D eigenvalue weighted by atomic mass is 32.1. The van der Waals surface area contributed by atoms with Crippen LogP contribution < -0.4 is 49.1 Å². The minimum absolute atomic E-state index is 0.0151. The van der Waals surface area contributed by atoms with Gasteiger partial charge in [0, 0.05) is 31.7 Å². The molecule has 0 unspecified atom stereocenters. The predicted octanol–water partition coefficient (Wildman–Crippen LogP) is -2.64. The molecule has 4 rings (SSSR count). The number of carboxylic acid groups (broad SMARTS) is 1. The molecule has 0 saturated carbocycles. The summed E-state index contributed by atoms with van der Waals surface area (Å²) in [6.45, 7) is 2.94. The second kappa shape index (κ2) is 29.2. The Balaban J connectivity index is 1.50. The molecule has 0 radical (unpaired) electrons. The molecule has 0 aromatic heterocycles. The van der Waals surface area contributed by atoms with Gasteiger partial charge in [-0.3, -0.25) is 43.2 Å². The first-order valence-electron chi connectivity index (χ1n) is 24.5. The van der Waals surface area contributed by atoms with Gasteiger partial charge in [-0.15, -0.1) is 0 Å². The van der Waals surface area contributed by atoms with Gasteiger partial charge >= 0.3 is 5.97 Å². The lowest BCUT2D eigenvalue weighted by molar-refractivity contribution is -0.148. The molecule has 2 heterocycles.